The van der Waals surface area contributed by atoms with Crippen molar-refractivity contribution in [2.75, 3.05) is 19.6 Å². The first-order chi connectivity index (χ1) is 8.86. The monoisotopic (exact) mass is 312 g/mol. The molecule has 1 unspecified atom stereocenters. The first-order valence-corrected chi connectivity index (χ1v) is 6.17. The molecule has 0 spiro atoms. The maximum absolute atomic E-state index is 13.0. The summed E-state index contributed by atoms with van der Waals surface area (Å²) in [6.45, 7) is 4.32. The molecule has 1 aromatic rings. The molecule has 1 aliphatic rings. The van der Waals surface area contributed by atoms with Gasteiger partial charge in [-0.3, -0.25) is 4.90 Å². The molecule has 1 aromatic carbocycles. The minimum atomic E-state index is -4.52. The molecule has 114 valence electrons. The Bertz CT molecular complexity index is 450. The third-order valence-electron chi connectivity index (χ3n) is 3.22. The van der Waals surface area contributed by atoms with Gasteiger partial charge >= 0.3 is 6.18 Å². The van der Waals surface area contributed by atoms with Crippen LogP contribution in [0.4, 0.5) is 17.6 Å². The van der Waals surface area contributed by atoms with Gasteiger partial charge in [0, 0.05) is 32.2 Å². The standard InChI is InChI=1S/C13H16F4N2.ClH/c1-9-7-19(5-4-18-9)8-10-2-3-11(14)6-12(10)13(15,16)17;/h2-3,6,9,18H,4-5,7-8H2,1H3;1H. The lowest BCUT2D eigenvalue weighted by Gasteiger charge is -2.32. The Morgan fingerprint density at radius 1 is 1.35 bits per heavy atom. The summed E-state index contributed by atoms with van der Waals surface area (Å²) in [6.07, 6.45) is -4.52. The van der Waals surface area contributed by atoms with Crippen molar-refractivity contribution in [1.82, 2.24) is 10.2 Å². The number of alkyl halides is 3. The first-order valence-electron chi connectivity index (χ1n) is 6.17. The Labute approximate surface area is 121 Å². The maximum Gasteiger partial charge on any atom is 0.416 e. The summed E-state index contributed by atoms with van der Waals surface area (Å²) in [7, 11) is 0. The average Bonchev–Trinajstić information content (AvgIpc) is 2.30. The molecule has 0 aliphatic carbocycles. The lowest BCUT2D eigenvalue weighted by Crippen LogP contribution is -2.48. The van der Waals surface area contributed by atoms with Gasteiger partial charge in [0.25, 0.3) is 0 Å². The predicted octanol–water partition coefficient (Wildman–Crippen LogP) is 3.06. The van der Waals surface area contributed by atoms with Gasteiger partial charge in [0.2, 0.25) is 0 Å². The van der Waals surface area contributed by atoms with Gasteiger partial charge in [-0.05, 0) is 24.6 Å². The quantitative estimate of drug-likeness (QED) is 0.844. The Hall–Kier alpha value is -0.850. The molecule has 0 aromatic heterocycles. The fraction of sp³-hybridized carbons (Fsp3) is 0.538. The molecule has 7 heteroatoms. The van der Waals surface area contributed by atoms with Crippen molar-refractivity contribution in [3.05, 3.63) is 35.1 Å². The van der Waals surface area contributed by atoms with Gasteiger partial charge in [-0.25, -0.2) is 4.39 Å². The van der Waals surface area contributed by atoms with E-state index >= 15 is 0 Å². The third-order valence-corrected chi connectivity index (χ3v) is 3.22. The molecule has 0 radical (unpaired) electrons. The number of rotatable bonds is 2. The molecular formula is C13H17ClF4N2. The van der Waals surface area contributed by atoms with Crippen LogP contribution in [0.5, 0.6) is 0 Å². The van der Waals surface area contributed by atoms with Crippen molar-refractivity contribution in [2.24, 2.45) is 0 Å². The highest BCUT2D eigenvalue weighted by Gasteiger charge is 2.34. The fourth-order valence-corrected chi connectivity index (χ4v) is 2.35. The van der Waals surface area contributed by atoms with E-state index in [9.17, 15) is 17.6 Å². The number of halogens is 5. The van der Waals surface area contributed by atoms with Crippen LogP contribution in [0.15, 0.2) is 18.2 Å². The van der Waals surface area contributed by atoms with Crippen LogP contribution >= 0.6 is 12.4 Å². The zero-order valence-electron chi connectivity index (χ0n) is 11.0. The van der Waals surface area contributed by atoms with Crippen LogP contribution in [0.1, 0.15) is 18.1 Å². The molecular weight excluding hydrogens is 296 g/mol. The van der Waals surface area contributed by atoms with Crippen LogP contribution in [0.25, 0.3) is 0 Å². The van der Waals surface area contributed by atoms with E-state index in [1.54, 1.807) is 0 Å². The highest BCUT2D eigenvalue weighted by atomic mass is 35.5. The Balaban J connectivity index is 0.00000200. The molecule has 0 bridgehead atoms. The van der Waals surface area contributed by atoms with E-state index in [-0.39, 0.29) is 30.6 Å². The summed E-state index contributed by atoms with van der Waals surface area (Å²) < 4.78 is 51.6. The average molecular weight is 313 g/mol. The summed E-state index contributed by atoms with van der Waals surface area (Å²) in [5, 5.41) is 3.23. The van der Waals surface area contributed by atoms with Gasteiger partial charge in [0.1, 0.15) is 5.82 Å². The molecule has 2 nitrogen and oxygen atoms in total. The van der Waals surface area contributed by atoms with E-state index in [4.69, 9.17) is 0 Å². The first kappa shape index (κ1) is 17.2. The fourth-order valence-electron chi connectivity index (χ4n) is 2.35. The number of hydrogen-bond donors (Lipinski definition) is 1. The van der Waals surface area contributed by atoms with Crippen molar-refractivity contribution < 1.29 is 17.6 Å². The van der Waals surface area contributed by atoms with Crippen LogP contribution in [0, 0.1) is 5.82 Å². The molecule has 20 heavy (non-hydrogen) atoms. The van der Waals surface area contributed by atoms with Crippen LogP contribution < -0.4 is 5.32 Å². The van der Waals surface area contributed by atoms with Crippen LogP contribution in [0.2, 0.25) is 0 Å². The molecule has 1 atom stereocenters. The number of hydrogen-bond acceptors (Lipinski definition) is 2. The molecule has 1 aliphatic heterocycles. The number of piperazine rings is 1. The second-order valence-electron chi connectivity index (χ2n) is 4.89. The van der Waals surface area contributed by atoms with E-state index in [1.165, 1.54) is 6.07 Å². The second-order valence-corrected chi connectivity index (χ2v) is 4.89. The molecule has 1 saturated heterocycles. The van der Waals surface area contributed by atoms with Gasteiger partial charge in [-0.2, -0.15) is 13.2 Å². The van der Waals surface area contributed by atoms with E-state index in [2.05, 4.69) is 5.32 Å². The van der Waals surface area contributed by atoms with Crippen molar-refractivity contribution in [2.45, 2.75) is 25.7 Å². The molecule has 1 N–H and O–H groups in total. The number of benzene rings is 1. The van der Waals surface area contributed by atoms with Gasteiger partial charge in [-0.15, -0.1) is 12.4 Å². The molecule has 2 rings (SSSR count). The minimum absolute atomic E-state index is 0. The zero-order chi connectivity index (χ0) is 14.0. The van der Waals surface area contributed by atoms with Crippen molar-refractivity contribution in [1.29, 1.82) is 0 Å². The van der Waals surface area contributed by atoms with Crippen molar-refractivity contribution in [3.8, 4) is 0 Å². The lowest BCUT2D eigenvalue weighted by atomic mass is 10.1. The van der Waals surface area contributed by atoms with E-state index in [0.717, 1.165) is 12.6 Å². The topological polar surface area (TPSA) is 15.3 Å². The summed E-state index contributed by atoms with van der Waals surface area (Å²) in [4.78, 5) is 1.95. The normalized spacial score (nSPS) is 20.6. The summed E-state index contributed by atoms with van der Waals surface area (Å²) in [5.41, 5.74) is -0.748. The molecule has 0 saturated carbocycles. The van der Waals surface area contributed by atoms with Gasteiger partial charge in [0.05, 0.1) is 5.56 Å². The van der Waals surface area contributed by atoms with Crippen molar-refractivity contribution in [3.63, 3.8) is 0 Å². The third kappa shape index (κ3) is 4.33. The highest BCUT2D eigenvalue weighted by Crippen LogP contribution is 2.33. The van der Waals surface area contributed by atoms with E-state index < -0.39 is 17.6 Å². The maximum atomic E-state index is 13.0. The number of nitrogens with zero attached hydrogens (tertiary/aromatic N) is 1. The predicted molar refractivity (Wildman–Crippen MR) is 71.4 cm³/mol. The molecule has 0 amide bonds. The van der Waals surface area contributed by atoms with Crippen LogP contribution in [0.3, 0.4) is 0 Å². The second kappa shape index (κ2) is 6.74. The molecule has 1 heterocycles. The Morgan fingerprint density at radius 3 is 2.65 bits per heavy atom. The SMILES string of the molecule is CC1CN(Cc2ccc(F)cc2C(F)(F)F)CCN1.Cl. The van der Waals surface area contributed by atoms with Gasteiger partial charge in [-0.1, -0.05) is 6.07 Å². The van der Waals surface area contributed by atoms with Gasteiger partial charge < -0.3 is 5.32 Å². The minimum Gasteiger partial charge on any atom is -0.312 e. The summed E-state index contributed by atoms with van der Waals surface area (Å²) in [6, 6.07) is 3.13. The smallest absolute Gasteiger partial charge is 0.312 e. The number of nitrogens with one attached hydrogen (secondary N) is 1. The Kier molecular flexibility index (Phi) is 5.79. The Morgan fingerprint density at radius 2 is 2.05 bits per heavy atom. The van der Waals surface area contributed by atoms with Gasteiger partial charge in [0.15, 0.2) is 0 Å². The highest BCUT2D eigenvalue weighted by molar-refractivity contribution is 5.85. The summed E-state index contributed by atoms with van der Waals surface area (Å²) in [5.74, 6) is -0.857. The summed E-state index contributed by atoms with van der Waals surface area (Å²) >= 11 is 0. The van der Waals surface area contributed by atoms with Crippen LogP contribution in [-0.2, 0) is 12.7 Å². The van der Waals surface area contributed by atoms with Crippen molar-refractivity contribution >= 4 is 12.4 Å². The van der Waals surface area contributed by atoms with Crippen LogP contribution in [-0.4, -0.2) is 30.6 Å². The molecule has 1 fully saturated rings. The van der Waals surface area contributed by atoms with E-state index in [0.29, 0.717) is 19.2 Å². The zero-order valence-corrected chi connectivity index (χ0v) is 11.8. The largest absolute Gasteiger partial charge is 0.416 e. The van der Waals surface area contributed by atoms with E-state index in [1.807, 2.05) is 11.8 Å². The lowest BCUT2D eigenvalue weighted by molar-refractivity contribution is -0.138.